The van der Waals surface area contributed by atoms with Crippen molar-refractivity contribution in [3.05, 3.63) is 53.8 Å². The fourth-order valence-electron chi connectivity index (χ4n) is 3.53. The number of ether oxygens (including phenoxy) is 1. The minimum atomic E-state index is -1.12. The minimum Gasteiger partial charge on any atom is -0.481 e. The molecule has 1 atom stereocenters. The number of halogens is 1. The van der Waals surface area contributed by atoms with Gasteiger partial charge in [-0.1, -0.05) is 18.2 Å². The molecule has 2 amide bonds. The lowest BCUT2D eigenvalue weighted by atomic mass is 9.91. The summed E-state index contributed by atoms with van der Waals surface area (Å²) in [6.07, 6.45) is -0.572. The predicted molar refractivity (Wildman–Crippen MR) is 109 cm³/mol. The summed E-state index contributed by atoms with van der Waals surface area (Å²) < 4.78 is 19.9. The number of hydrogen-bond donors (Lipinski definition) is 2. The van der Waals surface area contributed by atoms with E-state index in [-0.39, 0.29) is 24.3 Å². The summed E-state index contributed by atoms with van der Waals surface area (Å²) in [5.74, 6) is -2.67. The number of likely N-dealkylation sites (N-methyl/N-ethyl adjacent to an activating group) is 1. The molecule has 8 heteroatoms. The highest BCUT2D eigenvalue weighted by molar-refractivity contribution is 6.02. The number of nitrogens with zero attached hydrogens (tertiary/aromatic N) is 1. The molecule has 7 nitrogen and oxygen atoms in total. The van der Waals surface area contributed by atoms with Crippen LogP contribution >= 0.6 is 0 Å². The molecule has 0 fully saturated rings. The number of aliphatic carboxylic acids is 1. The lowest BCUT2D eigenvalue weighted by Gasteiger charge is -2.37. The van der Waals surface area contributed by atoms with Crippen molar-refractivity contribution in [2.45, 2.75) is 38.2 Å². The third kappa shape index (κ3) is 4.42. The van der Waals surface area contributed by atoms with Crippen LogP contribution in [0.5, 0.6) is 5.75 Å². The van der Waals surface area contributed by atoms with Crippen LogP contribution in [0.3, 0.4) is 0 Å². The van der Waals surface area contributed by atoms with Gasteiger partial charge in [0.25, 0.3) is 5.91 Å². The zero-order valence-electron chi connectivity index (χ0n) is 16.9. The van der Waals surface area contributed by atoms with Crippen LogP contribution < -0.4 is 15.0 Å². The van der Waals surface area contributed by atoms with E-state index in [1.54, 1.807) is 45.2 Å². The van der Waals surface area contributed by atoms with Crippen LogP contribution in [0, 0.1) is 5.82 Å². The molecule has 2 aromatic rings. The van der Waals surface area contributed by atoms with Gasteiger partial charge in [0.2, 0.25) is 5.91 Å². The molecule has 0 saturated heterocycles. The van der Waals surface area contributed by atoms with Gasteiger partial charge in [-0.2, -0.15) is 0 Å². The molecule has 0 radical (unpaired) electrons. The van der Waals surface area contributed by atoms with Gasteiger partial charge in [-0.15, -0.1) is 0 Å². The quantitative estimate of drug-likeness (QED) is 0.754. The third-order valence-corrected chi connectivity index (χ3v) is 4.99. The molecular weight excluding hydrogens is 391 g/mol. The smallest absolute Gasteiger partial charge is 0.303 e. The van der Waals surface area contributed by atoms with E-state index in [0.29, 0.717) is 17.1 Å². The van der Waals surface area contributed by atoms with Crippen LogP contribution in [-0.4, -0.2) is 35.5 Å². The van der Waals surface area contributed by atoms with E-state index in [1.807, 2.05) is 0 Å². The number of nitrogens with one attached hydrogen (secondary N) is 1. The molecule has 0 spiro atoms. The Morgan fingerprint density at radius 1 is 1.20 bits per heavy atom. The molecular formula is C22H23FN2O5. The Balaban J connectivity index is 1.78. The Morgan fingerprint density at radius 2 is 1.90 bits per heavy atom. The molecule has 1 heterocycles. The fourth-order valence-corrected chi connectivity index (χ4v) is 3.53. The maximum atomic E-state index is 14.1. The summed E-state index contributed by atoms with van der Waals surface area (Å²) in [5, 5.41) is 11.9. The van der Waals surface area contributed by atoms with E-state index < -0.39 is 29.2 Å². The van der Waals surface area contributed by atoms with Crippen LogP contribution in [0.15, 0.2) is 42.5 Å². The number of carbonyl (C=O) groups is 3. The van der Waals surface area contributed by atoms with Gasteiger partial charge in [0.05, 0.1) is 12.1 Å². The van der Waals surface area contributed by atoms with Crippen LogP contribution in [0.25, 0.3) is 0 Å². The van der Waals surface area contributed by atoms with Crippen LogP contribution in [0.1, 0.15) is 38.2 Å². The molecule has 0 bridgehead atoms. The summed E-state index contributed by atoms with van der Waals surface area (Å²) in [6.45, 7) is 3.32. The van der Waals surface area contributed by atoms with Crippen molar-refractivity contribution in [1.82, 2.24) is 0 Å². The number of hydrogen-bond acceptors (Lipinski definition) is 4. The van der Waals surface area contributed by atoms with E-state index in [2.05, 4.69) is 5.32 Å². The van der Waals surface area contributed by atoms with Gasteiger partial charge < -0.3 is 20.1 Å². The number of carboxylic acid groups (broad SMARTS) is 1. The van der Waals surface area contributed by atoms with Gasteiger partial charge in [-0.25, -0.2) is 4.39 Å². The molecule has 1 aliphatic rings. The number of rotatable bonds is 6. The molecule has 30 heavy (non-hydrogen) atoms. The van der Waals surface area contributed by atoms with Crippen molar-refractivity contribution in [2.24, 2.45) is 0 Å². The highest BCUT2D eigenvalue weighted by Gasteiger charge is 2.39. The number of fused-ring (bicyclic) bond motifs is 1. The lowest BCUT2D eigenvalue weighted by Crippen LogP contribution is -2.50. The summed E-state index contributed by atoms with van der Waals surface area (Å²) in [7, 11) is 1.65. The third-order valence-electron chi connectivity index (χ3n) is 4.99. The number of anilines is 2. The molecule has 2 aromatic carbocycles. The molecule has 0 aliphatic carbocycles. The SMILES string of the molecule is CN1C(=O)C(C)(C)Oc2cc(NC(=O)CC(CC(=O)O)c3ccccc3F)ccc21. The predicted octanol–water partition coefficient (Wildman–Crippen LogP) is 3.55. The van der Waals surface area contributed by atoms with Crippen molar-refractivity contribution < 1.29 is 28.6 Å². The molecule has 158 valence electrons. The first-order valence-electron chi connectivity index (χ1n) is 9.46. The van der Waals surface area contributed by atoms with Crippen molar-refractivity contribution >= 4 is 29.2 Å². The van der Waals surface area contributed by atoms with Crippen molar-refractivity contribution in [1.29, 1.82) is 0 Å². The second-order valence-corrected chi connectivity index (χ2v) is 7.73. The van der Waals surface area contributed by atoms with Crippen LogP contribution in [0.4, 0.5) is 15.8 Å². The molecule has 1 unspecified atom stereocenters. The zero-order chi connectivity index (χ0) is 22.1. The Hall–Kier alpha value is -3.42. The monoisotopic (exact) mass is 414 g/mol. The van der Waals surface area contributed by atoms with Crippen molar-refractivity contribution in [3.63, 3.8) is 0 Å². The Kier molecular flexibility index (Phi) is 5.78. The van der Waals surface area contributed by atoms with Gasteiger partial charge in [0.15, 0.2) is 5.60 Å². The Morgan fingerprint density at radius 3 is 2.57 bits per heavy atom. The maximum absolute atomic E-state index is 14.1. The fraction of sp³-hybridized carbons (Fsp3) is 0.318. The van der Waals surface area contributed by atoms with Gasteiger partial charge in [0, 0.05) is 31.1 Å². The number of benzene rings is 2. The maximum Gasteiger partial charge on any atom is 0.303 e. The summed E-state index contributed by atoms with van der Waals surface area (Å²) in [5.41, 5.74) is 0.153. The van der Waals surface area contributed by atoms with Gasteiger partial charge in [-0.05, 0) is 37.6 Å². The van der Waals surface area contributed by atoms with Gasteiger partial charge in [0.1, 0.15) is 11.6 Å². The van der Waals surface area contributed by atoms with E-state index in [1.165, 1.54) is 23.1 Å². The Bertz CT molecular complexity index is 1000. The minimum absolute atomic E-state index is 0.186. The van der Waals surface area contributed by atoms with Gasteiger partial charge in [-0.3, -0.25) is 14.4 Å². The highest BCUT2D eigenvalue weighted by Crippen LogP contribution is 2.38. The van der Waals surface area contributed by atoms with E-state index in [9.17, 15) is 18.8 Å². The average molecular weight is 414 g/mol. The van der Waals surface area contributed by atoms with E-state index in [4.69, 9.17) is 9.84 Å². The summed E-state index contributed by atoms with van der Waals surface area (Å²) in [4.78, 5) is 37.6. The molecule has 0 aromatic heterocycles. The molecule has 1 aliphatic heterocycles. The molecule has 2 N–H and O–H groups in total. The summed E-state index contributed by atoms with van der Waals surface area (Å²) in [6, 6.07) is 10.7. The molecule has 0 saturated carbocycles. The van der Waals surface area contributed by atoms with E-state index >= 15 is 0 Å². The normalized spacial score (nSPS) is 15.7. The van der Waals surface area contributed by atoms with Crippen molar-refractivity contribution in [3.8, 4) is 5.75 Å². The largest absolute Gasteiger partial charge is 0.481 e. The summed E-state index contributed by atoms with van der Waals surface area (Å²) >= 11 is 0. The standard InChI is InChI=1S/C22H23FN2O5/c1-22(2)21(29)25(3)17-9-8-14(12-18(17)30-22)24-19(26)10-13(11-20(27)28)15-6-4-5-7-16(15)23/h4-9,12-13H,10-11H2,1-3H3,(H,24,26)(H,27,28). The number of amides is 2. The second-order valence-electron chi connectivity index (χ2n) is 7.73. The molecule has 3 rings (SSSR count). The topological polar surface area (TPSA) is 95.9 Å². The Labute approximate surface area is 173 Å². The number of carbonyl (C=O) groups excluding carboxylic acids is 2. The number of carboxylic acids is 1. The van der Waals surface area contributed by atoms with Gasteiger partial charge >= 0.3 is 5.97 Å². The first kappa shape index (κ1) is 21.3. The highest BCUT2D eigenvalue weighted by atomic mass is 19.1. The second kappa shape index (κ2) is 8.14. The van der Waals surface area contributed by atoms with E-state index in [0.717, 1.165) is 0 Å². The first-order valence-corrected chi connectivity index (χ1v) is 9.46. The van der Waals surface area contributed by atoms with Crippen molar-refractivity contribution in [2.75, 3.05) is 17.3 Å². The zero-order valence-corrected chi connectivity index (χ0v) is 16.9. The van der Waals surface area contributed by atoms with Crippen LogP contribution in [0.2, 0.25) is 0 Å². The van der Waals surface area contributed by atoms with Crippen LogP contribution in [-0.2, 0) is 14.4 Å². The first-order chi connectivity index (χ1) is 14.1. The lowest BCUT2D eigenvalue weighted by molar-refractivity contribution is -0.137. The average Bonchev–Trinajstić information content (AvgIpc) is 2.65.